The third-order valence-corrected chi connectivity index (χ3v) is 5.16. The molecule has 1 aliphatic rings. The molecule has 144 valence electrons. The van der Waals surface area contributed by atoms with Crippen molar-refractivity contribution in [3.05, 3.63) is 52.9 Å². The molecule has 0 radical (unpaired) electrons. The lowest BCUT2D eigenvalue weighted by Crippen LogP contribution is -2.43. The summed E-state index contributed by atoms with van der Waals surface area (Å²) in [5.74, 6) is 0.646. The summed E-state index contributed by atoms with van der Waals surface area (Å²) in [7, 11) is 3.38. The lowest BCUT2D eigenvalue weighted by molar-refractivity contribution is -0.136. The normalized spacial score (nSPS) is 14.9. The molecule has 1 aliphatic heterocycles. The Morgan fingerprint density at radius 2 is 2.04 bits per heavy atom. The van der Waals surface area contributed by atoms with Gasteiger partial charge in [-0.25, -0.2) is 0 Å². The first kappa shape index (κ1) is 19.3. The van der Waals surface area contributed by atoms with E-state index < -0.39 is 0 Å². The van der Waals surface area contributed by atoms with Crippen molar-refractivity contribution in [3.63, 3.8) is 0 Å². The second-order valence-corrected chi connectivity index (χ2v) is 7.17. The molecule has 2 heterocycles. The number of amides is 2. The first-order valence-corrected chi connectivity index (χ1v) is 9.26. The Morgan fingerprint density at radius 3 is 2.67 bits per heavy atom. The molecule has 2 aromatic rings. The Balaban J connectivity index is 1.57. The van der Waals surface area contributed by atoms with Gasteiger partial charge in [0.15, 0.2) is 0 Å². The highest BCUT2D eigenvalue weighted by Crippen LogP contribution is 2.26. The van der Waals surface area contributed by atoms with E-state index in [-0.39, 0.29) is 17.7 Å². The minimum absolute atomic E-state index is 0.0494. The molecule has 7 heteroatoms. The fraction of sp³-hybridized carbons (Fsp3) is 0.400. The molecule has 1 aromatic heterocycles. The van der Waals surface area contributed by atoms with Gasteiger partial charge in [0.25, 0.3) is 5.91 Å². The molecule has 2 amide bonds. The first-order chi connectivity index (χ1) is 13.0. The molecule has 1 aromatic carbocycles. The van der Waals surface area contributed by atoms with Crippen LogP contribution < -0.4 is 4.74 Å². The van der Waals surface area contributed by atoms with Crippen LogP contribution >= 0.6 is 11.6 Å². The third-order valence-electron chi connectivity index (χ3n) is 4.93. The number of carbonyl (C=O) groups excluding carboxylic acids is 2. The molecule has 0 bridgehead atoms. The number of hydrogen-bond donors (Lipinski definition) is 0. The standard InChI is InChI=1S/C20H23ClN2O4/c1-22(12-16-11-17(21)3-4-18(16)26-2)19(24)14-5-8-23(9-6-14)20(25)15-7-10-27-13-15/h3-4,7,10-11,13-14H,5-6,8-9,12H2,1-2H3. The number of piperidine rings is 1. The minimum Gasteiger partial charge on any atom is -0.496 e. The number of likely N-dealkylation sites (tertiary alicyclic amines) is 1. The van der Waals surface area contributed by atoms with Gasteiger partial charge in [-0.3, -0.25) is 9.59 Å². The van der Waals surface area contributed by atoms with Crippen molar-refractivity contribution in [3.8, 4) is 5.75 Å². The van der Waals surface area contributed by atoms with Crippen molar-refractivity contribution in [1.29, 1.82) is 0 Å². The average Bonchev–Trinajstić information content (AvgIpc) is 3.22. The quantitative estimate of drug-likeness (QED) is 0.784. The highest BCUT2D eigenvalue weighted by Gasteiger charge is 2.30. The monoisotopic (exact) mass is 390 g/mol. The Morgan fingerprint density at radius 1 is 1.30 bits per heavy atom. The van der Waals surface area contributed by atoms with Crippen molar-refractivity contribution in [2.45, 2.75) is 19.4 Å². The number of methoxy groups -OCH3 is 1. The third kappa shape index (κ3) is 4.45. The van der Waals surface area contributed by atoms with Crippen LogP contribution in [0.4, 0.5) is 0 Å². The SMILES string of the molecule is COc1ccc(Cl)cc1CN(C)C(=O)C1CCN(C(=O)c2ccoc2)CC1. The van der Waals surface area contributed by atoms with Crippen LogP contribution in [-0.2, 0) is 11.3 Å². The van der Waals surface area contributed by atoms with Crippen LogP contribution in [-0.4, -0.2) is 48.9 Å². The van der Waals surface area contributed by atoms with E-state index in [0.717, 1.165) is 5.56 Å². The van der Waals surface area contributed by atoms with Crippen LogP contribution in [0.2, 0.25) is 5.02 Å². The van der Waals surface area contributed by atoms with E-state index in [1.807, 2.05) is 6.07 Å². The van der Waals surface area contributed by atoms with Crippen LogP contribution in [0.5, 0.6) is 5.75 Å². The molecule has 6 nitrogen and oxygen atoms in total. The maximum Gasteiger partial charge on any atom is 0.257 e. The second-order valence-electron chi connectivity index (χ2n) is 6.73. The van der Waals surface area contributed by atoms with Crippen LogP contribution in [0.15, 0.2) is 41.2 Å². The van der Waals surface area contributed by atoms with E-state index in [9.17, 15) is 9.59 Å². The maximum atomic E-state index is 12.8. The van der Waals surface area contributed by atoms with E-state index in [0.29, 0.717) is 48.8 Å². The number of hydrogen-bond acceptors (Lipinski definition) is 4. The zero-order valence-corrected chi connectivity index (χ0v) is 16.2. The lowest BCUT2D eigenvalue weighted by Gasteiger charge is -2.33. The van der Waals surface area contributed by atoms with Crippen LogP contribution in [0, 0.1) is 5.92 Å². The van der Waals surface area contributed by atoms with Gasteiger partial charge in [0.2, 0.25) is 5.91 Å². The van der Waals surface area contributed by atoms with E-state index >= 15 is 0 Å². The number of furan rings is 1. The Kier molecular flexibility index (Phi) is 6.06. The molecular weight excluding hydrogens is 368 g/mol. The van der Waals surface area contributed by atoms with Gasteiger partial charge in [-0.2, -0.15) is 0 Å². The van der Waals surface area contributed by atoms with Gasteiger partial charge in [0, 0.05) is 43.2 Å². The fourth-order valence-corrected chi connectivity index (χ4v) is 3.61. The topological polar surface area (TPSA) is 63.0 Å². The zero-order chi connectivity index (χ0) is 19.4. The summed E-state index contributed by atoms with van der Waals surface area (Å²) >= 11 is 6.07. The van der Waals surface area contributed by atoms with Crippen molar-refractivity contribution in [2.75, 3.05) is 27.2 Å². The molecule has 0 aliphatic carbocycles. The molecule has 0 spiro atoms. The molecule has 1 saturated heterocycles. The summed E-state index contributed by atoms with van der Waals surface area (Å²) in [6.45, 7) is 1.56. The van der Waals surface area contributed by atoms with E-state index in [2.05, 4.69) is 0 Å². The lowest BCUT2D eigenvalue weighted by atomic mass is 9.95. The summed E-state index contributed by atoms with van der Waals surface area (Å²) in [5.41, 5.74) is 1.42. The van der Waals surface area contributed by atoms with E-state index in [4.69, 9.17) is 20.8 Å². The molecule has 0 unspecified atom stereocenters. The summed E-state index contributed by atoms with van der Waals surface area (Å²) in [6.07, 6.45) is 4.24. The largest absolute Gasteiger partial charge is 0.496 e. The van der Waals surface area contributed by atoms with Gasteiger partial charge in [-0.15, -0.1) is 0 Å². The minimum atomic E-state index is -0.0893. The predicted octanol–water partition coefficient (Wildman–Crippen LogP) is 3.45. The average molecular weight is 391 g/mol. The van der Waals surface area contributed by atoms with Gasteiger partial charge in [0.05, 0.1) is 18.9 Å². The smallest absolute Gasteiger partial charge is 0.257 e. The molecule has 27 heavy (non-hydrogen) atoms. The number of halogens is 1. The van der Waals surface area contributed by atoms with Gasteiger partial charge in [0.1, 0.15) is 12.0 Å². The van der Waals surface area contributed by atoms with Crippen molar-refractivity contribution < 1.29 is 18.7 Å². The molecule has 0 atom stereocenters. The van der Waals surface area contributed by atoms with Gasteiger partial charge < -0.3 is 19.0 Å². The van der Waals surface area contributed by atoms with Gasteiger partial charge in [-0.05, 0) is 37.1 Å². The van der Waals surface area contributed by atoms with Crippen LogP contribution in [0.3, 0.4) is 0 Å². The second kappa shape index (κ2) is 8.48. The molecular formula is C20H23ClN2O4. The first-order valence-electron chi connectivity index (χ1n) is 8.88. The number of rotatable bonds is 5. The Labute approximate surface area is 163 Å². The summed E-state index contributed by atoms with van der Waals surface area (Å²) in [6, 6.07) is 7.04. The van der Waals surface area contributed by atoms with Gasteiger partial charge in [-0.1, -0.05) is 11.6 Å². The molecule has 3 rings (SSSR count). The summed E-state index contributed by atoms with van der Waals surface area (Å²) in [5, 5.41) is 0.609. The summed E-state index contributed by atoms with van der Waals surface area (Å²) < 4.78 is 10.3. The maximum absolute atomic E-state index is 12.8. The number of ether oxygens (including phenoxy) is 1. The van der Waals surface area contributed by atoms with Crippen molar-refractivity contribution >= 4 is 23.4 Å². The molecule has 1 fully saturated rings. The predicted molar refractivity (Wildman–Crippen MR) is 102 cm³/mol. The van der Waals surface area contributed by atoms with Crippen LogP contribution in [0.25, 0.3) is 0 Å². The Bertz CT molecular complexity index is 798. The molecule has 0 saturated carbocycles. The number of benzene rings is 1. The van der Waals surface area contributed by atoms with E-state index in [1.165, 1.54) is 12.5 Å². The highest BCUT2D eigenvalue weighted by atomic mass is 35.5. The zero-order valence-electron chi connectivity index (χ0n) is 15.5. The molecule has 0 N–H and O–H groups in total. The van der Waals surface area contributed by atoms with E-state index in [1.54, 1.807) is 42.2 Å². The van der Waals surface area contributed by atoms with Crippen molar-refractivity contribution in [2.24, 2.45) is 5.92 Å². The number of nitrogens with zero attached hydrogens (tertiary/aromatic N) is 2. The van der Waals surface area contributed by atoms with Crippen LogP contribution in [0.1, 0.15) is 28.8 Å². The van der Waals surface area contributed by atoms with Crippen molar-refractivity contribution in [1.82, 2.24) is 9.80 Å². The summed E-state index contributed by atoms with van der Waals surface area (Å²) in [4.78, 5) is 28.7. The Hall–Kier alpha value is -2.47. The number of carbonyl (C=O) groups is 2. The van der Waals surface area contributed by atoms with Gasteiger partial charge >= 0.3 is 0 Å². The fourth-order valence-electron chi connectivity index (χ4n) is 3.41. The highest BCUT2D eigenvalue weighted by molar-refractivity contribution is 6.30.